The molecule has 0 fully saturated rings. The summed E-state index contributed by atoms with van der Waals surface area (Å²) in [6, 6.07) is 9.67. The zero-order chi connectivity index (χ0) is 12.7. The first-order valence-corrected chi connectivity index (χ1v) is 5.92. The van der Waals surface area contributed by atoms with E-state index in [9.17, 15) is 10.1 Å². The van der Waals surface area contributed by atoms with E-state index < -0.39 is 4.92 Å². The lowest BCUT2D eigenvalue weighted by molar-refractivity contribution is -0.390. The van der Waals surface area contributed by atoms with Gasteiger partial charge in [-0.2, -0.15) is 0 Å². The third-order valence-electron chi connectivity index (χ3n) is 2.61. The zero-order valence-corrected chi connectivity index (χ0v) is 10.6. The van der Waals surface area contributed by atoms with Gasteiger partial charge in [-0.3, -0.25) is 0 Å². The minimum Gasteiger partial charge on any atom is -0.358 e. The van der Waals surface area contributed by atoms with Gasteiger partial charge in [-0.25, -0.2) is 4.68 Å². The highest BCUT2D eigenvalue weighted by molar-refractivity contribution is 9.10. The smallest absolute Gasteiger partial charge is 0.358 e. The summed E-state index contributed by atoms with van der Waals surface area (Å²) < 4.78 is 2.10. The molecular formula is C11H7BrN4O2. The quantitative estimate of drug-likeness (QED) is 0.540. The van der Waals surface area contributed by atoms with E-state index in [1.165, 1.54) is 4.79 Å². The Balaban J connectivity index is 2.20. The van der Waals surface area contributed by atoms with Crippen molar-refractivity contribution in [1.82, 2.24) is 14.6 Å². The molecule has 0 amide bonds. The van der Waals surface area contributed by atoms with Crippen LogP contribution in [0.15, 0.2) is 47.2 Å². The highest BCUT2D eigenvalue weighted by atomic mass is 79.9. The zero-order valence-electron chi connectivity index (χ0n) is 9.02. The van der Waals surface area contributed by atoms with Gasteiger partial charge in [-0.05, 0) is 33.0 Å². The molecule has 3 rings (SSSR count). The summed E-state index contributed by atoms with van der Waals surface area (Å²) in [7, 11) is 0. The summed E-state index contributed by atoms with van der Waals surface area (Å²) in [5.41, 5.74) is 0.933. The molecule has 0 aliphatic rings. The number of aromatic nitrogens is 3. The van der Waals surface area contributed by atoms with Crippen molar-refractivity contribution in [3.8, 4) is 0 Å². The van der Waals surface area contributed by atoms with Gasteiger partial charge in [0.15, 0.2) is 0 Å². The minimum absolute atomic E-state index is 0.201. The molecular weight excluding hydrogens is 300 g/mol. The van der Waals surface area contributed by atoms with Gasteiger partial charge in [-0.15, -0.1) is 0 Å². The number of para-hydroxylation sites is 1. The maximum Gasteiger partial charge on any atom is 0.406 e. The summed E-state index contributed by atoms with van der Waals surface area (Å²) in [5.74, 6) is -0.201. The Labute approximate surface area is 110 Å². The summed E-state index contributed by atoms with van der Waals surface area (Å²) in [5, 5.41) is 15.7. The second-order valence-electron chi connectivity index (χ2n) is 3.70. The average Bonchev–Trinajstić information content (AvgIpc) is 2.92. The molecule has 0 spiro atoms. The van der Waals surface area contributed by atoms with E-state index in [1.54, 1.807) is 10.9 Å². The van der Waals surface area contributed by atoms with Crippen molar-refractivity contribution in [3.63, 3.8) is 0 Å². The predicted molar refractivity (Wildman–Crippen MR) is 69.3 cm³/mol. The lowest BCUT2D eigenvalue weighted by Crippen LogP contribution is -2.08. The van der Waals surface area contributed by atoms with Crippen molar-refractivity contribution >= 4 is 32.7 Å². The molecule has 2 aromatic heterocycles. The number of nitrogens with zero attached hydrogens (tertiary/aromatic N) is 4. The molecule has 0 unspecified atom stereocenters. The predicted octanol–water partition coefficient (Wildman–Crippen LogP) is 2.82. The number of hydrogen-bond donors (Lipinski definition) is 0. The third kappa shape index (κ3) is 1.60. The molecule has 18 heavy (non-hydrogen) atoms. The van der Waals surface area contributed by atoms with Crippen molar-refractivity contribution < 1.29 is 4.92 Å². The second-order valence-corrected chi connectivity index (χ2v) is 4.55. The van der Waals surface area contributed by atoms with Gasteiger partial charge < -0.3 is 10.1 Å². The fraction of sp³-hybridized carbons (Fsp3) is 0. The average molecular weight is 307 g/mol. The topological polar surface area (TPSA) is 65.9 Å². The summed E-state index contributed by atoms with van der Waals surface area (Å²) >= 11 is 3.13. The van der Waals surface area contributed by atoms with Gasteiger partial charge in [0.05, 0.1) is 16.8 Å². The fourth-order valence-electron chi connectivity index (χ4n) is 1.81. The number of nitro groups is 1. The van der Waals surface area contributed by atoms with Crippen molar-refractivity contribution in [2.24, 2.45) is 0 Å². The number of benzene rings is 1. The molecule has 2 heterocycles. The molecule has 0 saturated heterocycles. The van der Waals surface area contributed by atoms with Gasteiger partial charge >= 0.3 is 5.82 Å². The summed E-state index contributed by atoms with van der Waals surface area (Å²) in [6.45, 7) is 0. The van der Waals surface area contributed by atoms with E-state index in [1.807, 2.05) is 36.5 Å². The van der Waals surface area contributed by atoms with Crippen LogP contribution >= 0.6 is 15.9 Å². The molecule has 0 saturated carbocycles. The first-order chi connectivity index (χ1) is 8.66. The first-order valence-electron chi connectivity index (χ1n) is 5.13. The second kappa shape index (κ2) is 3.95. The van der Waals surface area contributed by atoms with Crippen LogP contribution in [-0.2, 0) is 0 Å². The minimum atomic E-state index is -0.522. The van der Waals surface area contributed by atoms with Crippen LogP contribution in [0.2, 0.25) is 0 Å². The Bertz CT molecular complexity index is 746. The number of hydrogen-bond acceptors (Lipinski definition) is 3. The Kier molecular flexibility index (Phi) is 2.41. The Morgan fingerprint density at radius 1 is 1.28 bits per heavy atom. The van der Waals surface area contributed by atoms with Gasteiger partial charge in [0.25, 0.3) is 0 Å². The molecule has 0 bridgehead atoms. The maximum absolute atomic E-state index is 10.8. The van der Waals surface area contributed by atoms with Crippen molar-refractivity contribution in [1.29, 1.82) is 0 Å². The highest BCUT2D eigenvalue weighted by Crippen LogP contribution is 2.23. The first kappa shape index (κ1) is 11.0. The van der Waals surface area contributed by atoms with Crippen molar-refractivity contribution in [3.05, 3.63) is 57.3 Å². The fourth-order valence-corrected chi connectivity index (χ4v) is 2.22. The monoisotopic (exact) mass is 306 g/mol. The molecule has 6 nitrogen and oxygen atoms in total. The van der Waals surface area contributed by atoms with Crippen LogP contribution in [-0.4, -0.2) is 19.5 Å². The normalized spacial score (nSPS) is 10.9. The molecule has 90 valence electrons. The lowest BCUT2D eigenvalue weighted by atomic mass is 10.3. The van der Waals surface area contributed by atoms with Crippen LogP contribution < -0.4 is 0 Å². The van der Waals surface area contributed by atoms with Gasteiger partial charge in [0.2, 0.25) is 0 Å². The van der Waals surface area contributed by atoms with Gasteiger partial charge in [-0.1, -0.05) is 23.0 Å². The number of halogens is 1. The molecule has 0 radical (unpaired) electrons. The van der Waals surface area contributed by atoms with E-state index in [2.05, 4.69) is 21.0 Å². The van der Waals surface area contributed by atoms with Crippen LogP contribution in [0.4, 0.5) is 5.82 Å². The van der Waals surface area contributed by atoms with E-state index in [0.717, 1.165) is 10.9 Å². The largest absolute Gasteiger partial charge is 0.406 e. The number of fused-ring (bicyclic) bond motifs is 1. The molecule has 0 N–H and O–H groups in total. The standard InChI is InChI=1S/C11H7BrN4O2/c12-9-7-15(13-11(9)16(17)18)14-6-5-8-3-1-2-4-10(8)14/h1-7H. The van der Waals surface area contributed by atoms with Gasteiger partial charge in [0, 0.05) is 11.6 Å². The third-order valence-corrected chi connectivity index (χ3v) is 3.17. The molecule has 0 aliphatic heterocycles. The Morgan fingerprint density at radius 3 is 2.78 bits per heavy atom. The van der Waals surface area contributed by atoms with Crippen LogP contribution in [0, 0.1) is 10.1 Å². The summed E-state index contributed by atoms with van der Waals surface area (Å²) in [6.07, 6.45) is 3.37. The van der Waals surface area contributed by atoms with Crippen LogP contribution in [0.1, 0.15) is 0 Å². The number of rotatable bonds is 2. The van der Waals surface area contributed by atoms with Crippen molar-refractivity contribution in [2.75, 3.05) is 0 Å². The van der Waals surface area contributed by atoms with Gasteiger partial charge in [0.1, 0.15) is 4.47 Å². The molecule has 0 atom stereocenters. The lowest BCUT2D eigenvalue weighted by Gasteiger charge is -1.99. The SMILES string of the molecule is O=[N+]([O-])c1nn(-n2ccc3ccccc32)cc1Br. The van der Waals surface area contributed by atoms with Crippen LogP contribution in [0.5, 0.6) is 0 Å². The van der Waals surface area contributed by atoms with Crippen LogP contribution in [0.3, 0.4) is 0 Å². The highest BCUT2D eigenvalue weighted by Gasteiger charge is 2.19. The molecule has 7 heteroatoms. The van der Waals surface area contributed by atoms with E-state index in [-0.39, 0.29) is 5.82 Å². The Hall–Kier alpha value is -2.15. The molecule has 0 aliphatic carbocycles. The van der Waals surface area contributed by atoms with E-state index >= 15 is 0 Å². The van der Waals surface area contributed by atoms with Crippen LogP contribution in [0.25, 0.3) is 10.9 Å². The van der Waals surface area contributed by atoms with Crippen molar-refractivity contribution in [2.45, 2.75) is 0 Å². The maximum atomic E-state index is 10.8. The summed E-state index contributed by atoms with van der Waals surface area (Å²) in [4.78, 5) is 11.7. The van der Waals surface area contributed by atoms with E-state index in [0.29, 0.717) is 4.47 Å². The molecule has 3 aromatic rings. The Morgan fingerprint density at radius 2 is 2.06 bits per heavy atom. The van der Waals surface area contributed by atoms with E-state index in [4.69, 9.17) is 0 Å². The molecule has 1 aromatic carbocycles.